The van der Waals surface area contributed by atoms with E-state index in [0.29, 0.717) is 0 Å². The molecular formula is C36H23NO. The van der Waals surface area contributed by atoms with Gasteiger partial charge in [-0.1, -0.05) is 97.1 Å². The minimum atomic E-state index is 0.900. The van der Waals surface area contributed by atoms with Gasteiger partial charge in [-0.3, -0.25) is 0 Å². The van der Waals surface area contributed by atoms with Crippen LogP contribution in [0, 0.1) is 0 Å². The van der Waals surface area contributed by atoms with E-state index in [1.807, 2.05) is 0 Å². The minimum absolute atomic E-state index is 0.900. The molecule has 0 aliphatic heterocycles. The summed E-state index contributed by atoms with van der Waals surface area (Å²) in [5.74, 6) is 0. The highest BCUT2D eigenvalue weighted by Gasteiger charge is 2.19. The molecule has 0 amide bonds. The van der Waals surface area contributed by atoms with Crippen molar-refractivity contribution in [3.05, 3.63) is 140 Å². The first-order chi connectivity index (χ1) is 18.8. The second-order valence-electron chi connectivity index (χ2n) is 9.78. The van der Waals surface area contributed by atoms with Crippen LogP contribution in [0.25, 0.3) is 54.3 Å². The Morgan fingerprint density at radius 2 is 1.05 bits per heavy atom. The number of benzene rings is 7. The molecule has 178 valence electrons. The molecule has 1 heterocycles. The predicted octanol–water partition coefficient (Wildman–Crippen LogP) is 10.5. The van der Waals surface area contributed by atoms with Crippen LogP contribution in [0.4, 0.5) is 17.1 Å². The quantitative estimate of drug-likeness (QED) is 0.231. The van der Waals surface area contributed by atoms with Crippen LogP contribution < -0.4 is 4.90 Å². The van der Waals surface area contributed by atoms with E-state index >= 15 is 0 Å². The molecule has 0 bridgehead atoms. The zero-order chi connectivity index (χ0) is 25.1. The summed E-state index contributed by atoms with van der Waals surface area (Å²) in [5.41, 5.74) is 5.18. The Balaban J connectivity index is 1.46. The fraction of sp³-hybridized carbons (Fsp3) is 0. The number of anilines is 3. The Labute approximate surface area is 220 Å². The summed E-state index contributed by atoms with van der Waals surface area (Å²) in [5, 5.41) is 9.68. The molecular weight excluding hydrogens is 462 g/mol. The maximum Gasteiger partial charge on any atom is 0.136 e. The molecule has 0 radical (unpaired) electrons. The van der Waals surface area contributed by atoms with Crippen molar-refractivity contribution in [2.75, 3.05) is 4.90 Å². The van der Waals surface area contributed by atoms with Crippen LogP contribution >= 0.6 is 0 Å². The highest BCUT2D eigenvalue weighted by atomic mass is 16.3. The van der Waals surface area contributed by atoms with Crippen molar-refractivity contribution < 1.29 is 4.42 Å². The molecule has 0 unspecified atom stereocenters. The first-order valence-electron chi connectivity index (χ1n) is 12.9. The summed E-state index contributed by atoms with van der Waals surface area (Å²) in [4.78, 5) is 2.37. The Hall–Kier alpha value is -5.08. The zero-order valence-corrected chi connectivity index (χ0v) is 20.6. The van der Waals surface area contributed by atoms with Crippen LogP contribution in [0.5, 0.6) is 0 Å². The lowest BCUT2D eigenvalue weighted by Gasteiger charge is -2.27. The smallest absolute Gasteiger partial charge is 0.136 e. The van der Waals surface area contributed by atoms with Gasteiger partial charge in [-0.05, 0) is 69.4 Å². The highest BCUT2D eigenvalue weighted by molar-refractivity contribution is 6.20. The second kappa shape index (κ2) is 8.22. The van der Waals surface area contributed by atoms with Gasteiger partial charge in [-0.15, -0.1) is 0 Å². The summed E-state index contributed by atoms with van der Waals surface area (Å²) in [6.45, 7) is 0. The van der Waals surface area contributed by atoms with Gasteiger partial charge in [0.05, 0.1) is 5.69 Å². The molecule has 2 nitrogen and oxygen atoms in total. The summed E-state index contributed by atoms with van der Waals surface area (Å²) < 4.78 is 6.32. The zero-order valence-electron chi connectivity index (χ0n) is 20.6. The average Bonchev–Trinajstić information content (AvgIpc) is 3.37. The molecule has 0 aliphatic carbocycles. The number of hydrogen-bond acceptors (Lipinski definition) is 2. The monoisotopic (exact) mass is 485 g/mol. The molecule has 0 saturated heterocycles. The Kier molecular flexibility index (Phi) is 4.55. The number of furan rings is 1. The molecule has 0 spiro atoms. The van der Waals surface area contributed by atoms with Crippen molar-refractivity contribution in [3.8, 4) is 0 Å². The molecule has 38 heavy (non-hydrogen) atoms. The second-order valence-corrected chi connectivity index (χ2v) is 9.78. The van der Waals surface area contributed by atoms with Crippen molar-refractivity contribution in [2.45, 2.75) is 0 Å². The Bertz CT molecular complexity index is 2140. The molecule has 2 heteroatoms. The Morgan fingerprint density at radius 1 is 0.395 bits per heavy atom. The van der Waals surface area contributed by atoms with Gasteiger partial charge in [-0.25, -0.2) is 0 Å². The van der Waals surface area contributed by atoms with Crippen molar-refractivity contribution in [2.24, 2.45) is 0 Å². The minimum Gasteiger partial charge on any atom is -0.456 e. The number of para-hydroxylation sites is 1. The number of rotatable bonds is 3. The van der Waals surface area contributed by atoms with Crippen LogP contribution in [-0.2, 0) is 0 Å². The third kappa shape index (κ3) is 3.14. The molecule has 1 aromatic heterocycles. The molecule has 0 N–H and O–H groups in total. The normalized spacial score (nSPS) is 11.7. The number of nitrogens with zero attached hydrogens (tertiary/aromatic N) is 1. The molecule has 8 aromatic rings. The van der Waals surface area contributed by atoms with Crippen LogP contribution in [0.2, 0.25) is 0 Å². The van der Waals surface area contributed by atoms with E-state index in [4.69, 9.17) is 4.42 Å². The first-order valence-corrected chi connectivity index (χ1v) is 12.9. The van der Waals surface area contributed by atoms with Crippen LogP contribution in [-0.4, -0.2) is 0 Å². The molecule has 7 aromatic carbocycles. The van der Waals surface area contributed by atoms with Gasteiger partial charge in [0.15, 0.2) is 0 Å². The van der Waals surface area contributed by atoms with Crippen molar-refractivity contribution in [1.29, 1.82) is 0 Å². The average molecular weight is 486 g/mol. The maximum absolute atomic E-state index is 6.32. The van der Waals surface area contributed by atoms with E-state index < -0.39 is 0 Å². The lowest BCUT2D eigenvalue weighted by molar-refractivity contribution is 0.669. The maximum atomic E-state index is 6.32. The van der Waals surface area contributed by atoms with Crippen molar-refractivity contribution in [1.82, 2.24) is 0 Å². The fourth-order valence-corrected chi connectivity index (χ4v) is 5.90. The van der Waals surface area contributed by atoms with E-state index in [1.165, 1.54) is 32.3 Å². The molecule has 8 rings (SSSR count). The van der Waals surface area contributed by atoms with Crippen LogP contribution in [0.1, 0.15) is 0 Å². The van der Waals surface area contributed by atoms with E-state index in [-0.39, 0.29) is 0 Å². The van der Waals surface area contributed by atoms with E-state index in [1.54, 1.807) is 0 Å². The standard InChI is InChI=1S/C36H23NO/c1-2-12-26(13-3-1)37(33-22-25-11-5-6-14-28(25)30-16-8-9-17-31(30)33)27-19-21-34-32(23-27)36-29-15-7-4-10-24(29)18-20-35(36)38-34/h1-23H. The SMILES string of the molecule is c1ccc(N(c2ccc3oc4ccc5ccccc5c4c3c2)c2cc3ccccc3c3ccccc23)cc1. The van der Waals surface area contributed by atoms with Gasteiger partial charge in [0.2, 0.25) is 0 Å². The van der Waals surface area contributed by atoms with Gasteiger partial charge in [0.25, 0.3) is 0 Å². The van der Waals surface area contributed by atoms with Gasteiger partial charge in [0, 0.05) is 27.5 Å². The van der Waals surface area contributed by atoms with Gasteiger partial charge in [0.1, 0.15) is 11.2 Å². The third-order valence-electron chi connectivity index (χ3n) is 7.60. The van der Waals surface area contributed by atoms with E-state index in [9.17, 15) is 0 Å². The van der Waals surface area contributed by atoms with Crippen LogP contribution in [0.3, 0.4) is 0 Å². The van der Waals surface area contributed by atoms with E-state index in [0.717, 1.165) is 39.0 Å². The van der Waals surface area contributed by atoms with Gasteiger partial charge >= 0.3 is 0 Å². The topological polar surface area (TPSA) is 16.4 Å². The first kappa shape index (κ1) is 21.0. The summed E-state index contributed by atoms with van der Waals surface area (Å²) in [6, 6.07) is 49.6. The highest BCUT2D eigenvalue weighted by Crippen LogP contribution is 2.44. The van der Waals surface area contributed by atoms with Crippen molar-refractivity contribution >= 4 is 71.3 Å². The lowest BCUT2D eigenvalue weighted by Crippen LogP contribution is -2.10. The molecule has 0 fully saturated rings. The summed E-state index contributed by atoms with van der Waals surface area (Å²) >= 11 is 0. The number of fused-ring (bicyclic) bond motifs is 8. The van der Waals surface area contributed by atoms with Gasteiger partial charge in [-0.2, -0.15) is 0 Å². The fourth-order valence-electron chi connectivity index (χ4n) is 5.90. The number of hydrogen-bond donors (Lipinski definition) is 0. The van der Waals surface area contributed by atoms with Gasteiger partial charge < -0.3 is 9.32 Å². The Morgan fingerprint density at radius 3 is 1.89 bits per heavy atom. The predicted molar refractivity (Wildman–Crippen MR) is 161 cm³/mol. The summed E-state index contributed by atoms with van der Waals surface area (Å²) in [7, 11) is 0. The molecule has 0 aliphatic rings. The summed E-state index contributed by atoms with van der Waals surface area (Å²) in [6.07, 6.45) is 0. The van der Waals surface area contributed by atoms with Crippen molar-refractivity contribution in [3.63, 3.8) is 0 Å². The molecule has 0 atom stereocenters. The molecule has 0 saturated carbocycles. The third-order valence-corrected chi connectivity index (χ3v) is 7.60. The van der Waals surface area contributed by atoms with Crippen LogP contribution in [0.15, 0.2) is 144 Å². The lowest BCUT2D eigenvalue weighted by atomic mass is 9.98. The largest absolute Gasteiger partial charge is 0.456 e. The van der Waals surface area contributed by atoms with E-state index in [2.05, 4.69) is 144 Å².